The molecule has 3 aromatic heterocycles. The van der Waals surface area contributed by atoms with E-state index in [2.05, 4.69) is 10.1 Å². The Kier molecular flexibility index (Phi) is 6.87. The van der Waals surface area contributed by atoms with Crippen molar-refractivity contribution in [1.29, 1.82) is 5.26 Å². The molecule has 3 heterocycles. The Morgan fingerprint density at radius 3 is 2.56 bits per heavy atom. The van der Waals surface area contributed by atoms with Crippen LogP contribution in [-0.4, -0.2) is 32.1 Å². The van der Waals surface area contributed by atoms with Gasteiger partial charge < -0.3 is 4.74 Å². The molecule has 0 radical (unpaired) electrons. The number of rotatable bonds is 7. The topological polar surface area (TPSA) is 85.7 Å². The van der Waals surface area contributed by atoms with Gasteiger partial charge in [0.1, 0.15) is 23.2 Å². The number of nitriles is 1. The van der Waals surface area contributed by atoms with Crippen molar-refractivity contribution in [2.24, 2.45) is 0 Å². The summed E-state index contributed by atoms with van der Waals surface area (Å²) in [5.41, 5.74) is 0.753. The summed E-state index contributed by atoms with van der Waals surface area (Å²) in [4.78, 5) is 17.7. The van der Waals surface area contributed by atoms with Crippen LogP contribution in [0.1, 0.15) is 23.6 Å². The Hall–Kier alpha value is -4.46. The zero-order valence-electron chi connectivity index (χ0n) is 19.0. The van der Waals surface area contributed by atoms with E-state index in [1.54, 1.807) is 35.3 Å². The van der Waals surface area contributed by atoms with Crippen LogP contribution in [0.4, 0.5) is 17.6 Å². The van der Waals surface area contributed by atoms with Crippen LogP contribution in [0.3, 0.4) is 0 Å². The first-order valence-corrected chi connectivity index (χ1v) is 10.8. The molecule has 0 amide bonds. The quantitative estimate of drug-likeness (QED) is 0.347. The average Bonchev–Trinajstić information content (AvgIpc) is 3.31. The highest BCUT2D eigenvalue weighted by molar-refractivity contribution is 5.66. The first-order valence-electron chi connectivity index (χ1n) is 10.8. The molecule has 0 fully saturated rings. The standard InChI is InChI=1S/C25H19F4N5O2/c1-2-33-14-16(13-31-33)10-18-4-3-9-34(24(18)35)23-20(12-30)22(36-15-25(27,28)29)11-21(32-23)17-5-7-19(26)8-6-17/h3-9,11,13-14H,2,10,15H2,1H3. The Balaban J connectivity index is 1.86. The monoisotopic (exact) mass is 497 g/mol. The molecule has 0 spiro atoms. The number of halogens is 4. The molecule has 0 bridgehead atoms. The van der Waals surface area contributed by atoms with E-state index in [4.69, 9.17) is 4.74 Å². The fraction of sp³-hybridized carbons (Fsp3) is 0.200. The lowest BCUT2D eigenvalue weighted by Crippen LogP contribution is -2.24. The summed E-state index contributed by atoms with van der Waals surface area (Å²) >= 11 is 0. The lowest BCUT2D eigenvalue weighted by Gasteiger charge is -2.16. The van der Waals surface area contributed by atoms with Gasteiger partial charge in [-0.25, -0.2) is 9.37 Å². The zero-order chi connectivity index (χ0) is 25.9. The number of aromatic nitrogens is 4. The fourth-order valence-electron chi connectivity index (χ4n) is 3.56. The van der Waals surface area contributed by atoms with Crippen LogP contribution < -0.4 is 10.3 Å². The minimum absolute atomic E-state index is 0.0997. The molecule has 1 aromatic carbocycles. The molecule has 184 valence electrons. The average molecular weight is 497 g/mol. The van der Waals surface area contributed by atoms with Crippen LogP contribution in [-0.2, 0) is 13.0 Å². The maximum Gasteiger partial charge on any atom is 0.422 e. The number of benzene rings is 1. The van der Waals surface area contributed by atoms with Crippen molar-refractivity contribution in [1.82, 2.24) is 19.3 Å². The van der Waals surface area contributed by atoms with Crippen molar-refractivity contribution in [2.75, 3.05) is 6.61 Å². The summed E-state index contributed by atoms with van der Waals surface area (Å²) in [7, 11) is 0. The number of aryl methyl sites for hydroxylation is 1. The largest absolute Gasteiger partial charge is 0.483 e. The minimum Gasteiger partial charge on any atom is -0.483 e. The van der Waals surface area contributed by atoms with Gasteiger partial charge in [0.25, 0.3) is 5.56 Å². The Morgan fingerprint density at radius 1 is 1.17 bits per heavy atom. The third kappa shape index (κ3) is 5.43. The lowest BCUT2D eigenvalue weighted by atomic mass is 10.1. The summed E-state index contributed by atoms with van der Waals surface area (Å²) in [5.74, 6) is -1.12. The van der Waals surface area contributed by atoms with Crippen LogP contribution in [0.2, 0.25) is 0 Å². The number of alkyl halides is 3. The predicted octanol–water partition coefficient (Wildman–Crippen LogP) is 4.66. The van der Waals surface area contributed by atoms with Gasteiger partial charge in [-0.1, -0.05) is 6.07 Å². The molecule has 0 saturated heterocycles. The van der Waals surface area contributed by atoms with Crippen LogP contribution >= 0.6 is 0 Å². The molecule has 7 nitrogen and oxygen atoms in total. The van der Waals surface area contributed by atoms with Crippen LogP contribution in [0, 0.1) is 17.1 Å². The minimum atomic E-state index is -4.66. The molecule has 4 aromatic rings. The van der Waals surface area contributed by atoms with Crippen LogP contribution in [0.5, 0.6) is 5.75 Å². The molecule has 0 atom stereocenters. The van der Waals surface area contributed by atoms with Gasteiger partial charge in [0, 0.05) is 42.6 Å². The van der Waals surface area contributed by atoms with E-state index in [9.17, 15) is 27.6 Å². The predicted molar refractivity (Wildman–Crippen MR) is 122 cm³/mol. The second-order valence-electron chi connectivity index (χ2n) is 7.82. The number of ether oxygens (including phenoxy) is 1. The molecule has 36 heavy (non-hydrogen) atoms. The zero-order valence-corrected chi connectivity index (χ0v) is 19.0. The van der Waals surface area contributed by atoms with E-state index < -0.39 is 29.9 Å². The van der Waals surface area contributed by atoms with E-state index in [0.29, 0.717) is 17.7 Å². The Morgan fingerprint density at radius 2 is 1.92 bits per heavy atom. The van der Waals surface area contributed by atoms with Gasteiger partial charge in [0.15, 0.2) is 12.4 Å². The van der Waals surface area contributed by atoms with Crippen molar-refractivity contribution in [3.05, 3.63) is 93.9 Å². The SMILES string of the molecule is CCn1cc(Cc2cccn(-c3nc(-c4ccc(F)cc4)cc(OCC(F)(F)F)c3C#N)c2=O)cn1. The summed E-state index contributed by atoms with van der Waals surface area (Å²) in [6.45, 7) is 0.934. The maximum atomic E-state index is 13.4. The molecular formula is C25H19F4N5O2. The number of hydrogen-bond acceptors (Lipinski definition) is 5. The highest BCUT2D eigenvalue weighted by atomic mass is 19.4. The van der Waals surface area contributed by atoms with E-state index in [1.165, 1.54) is 18.3 Å². The van der Waals surface area contributed by atoms with Crippen molar-refractivity contribution >= 4 is 0 Å². The van der Waals surface area contributed by atoms with Crippen molar-refractivity contribution < 1.29 is 22.3 Å². The van der Waals surface area contributed by atoms with Crippen molar-refractivity contribution in [3.63, 3.8) is 0 Å². The molecule has 0 aliphatic rings. The summed E-state index contributed by atoms with van der Waals surface area (Å²) in [5, 5.41) is 14.0. The lowest BCUT2D eigenvalue weighted by molar-refractivity contribution is -0.153. The molecule has 0 unspecified atom stereocenters. The van der Waals surface area contributed by atoms with Gasteiger partial charge in [-0.2, -0.15) is 23.5 Å². The second-order valence-corrected chi connectivity index (χ2v) is 7.82. The molecule has 0 saturated carbocycles. The number of pyridine rings is 2. The molecule has 11 heteroatoms. The van der Waals surface area contributed by atoms with Crippen LogP contribution in [0.25, 0.3) is 17.1 Å². The van der Waals surface area contributed by atoms with Gasteiger partial charge in [0.05, 0.1) is 11.9 Å². The number of nitrogens with zero attached hydrogens (tertiary/aromatic N) is 5. The van der Waals surface area contributed by atoms with Gasteiger partial charge in [0.2, 0.25) is 0 Å². The third-order valence-electron chi connectivity index (χ3n) is 5.27. The molecule has 0 N–H and O–H groups in total. The third-order valence-corrected chi connectivity index (χ3v) is 5.27. The van der Waals surface area contributed by atoms with E-state index in [0.717, 1.165) is 28.3 Å². The van der Waals surface area contributed by atoms with E-state index in [-0.39, 0.29) is 23.5 Å². The normalized spacial score (nSPS) is 11.3. The van der Waals surface area contributed by atoms with E-state index >= 15 is 0 Å². The van der Waals surface area contributed by atoms with Gasteiger partial charge in [-0.05, 0) is 42.8 Å². The highest BCUT2D eigenvalue weighted by Gasteiger charge is 2.30. The van der Waals surface area contributed by atoms with Crippen molar-refractivity contribution in [2.45, 2.75) is 26.1 Å². The summed E-state index contributed by atoms with van der Waals surface area (Å²) in [6.07, 6.45) is 0.389. The fourth-order valence-corrected chi connectivity index (χ4v) is 3.56. The molecule has 0 aliphatic carbocycles. The van der Waals surface area contributed by atoms with Gasteiger partial charge >= 0.3 is 6.18 Å². The molecular weight excluding hydrogens is 478 g/mol. The summed E-state index contributed by atoms with van der Waals surface area (Å²) in [6, 6.07) is 11.2. The first-order chi connectivity index (χ1) is 17.2. The molecule has 4 rings (SSSR count). The van der Waals surface area contributed by atoms with E-state index in [1.807, 2.05) is 6.92 Å². The first kappa shape index (κ1) is 24.7. The van der Waals surface area contributed by atoms with Crippen LogP contribution in [0.15, 0.2) is 65.8 Å². The Labute approximate surface area is 202 Å². The smallest absolute Gasteiger partial charge is 0.422 e. The second kappa shape index (κ2) is 10.0. The van der Waals surface area contributed by atoms with Gasteiger partial charge in [-0.3, -0.25) is 14.0 Å². The van der Waals surface area contributed by atoms with Gasteiger partial charge in [-0.15, -0.1) is 0 Å². The van der Waals surface area contributed by atoms with Crippen molar-refractivity contribution in [3.8, 4) is 28.9 Å². The summed E-state index contributed by atoms with van der Waals surface area (Å²) < 4.78 is 59.8. The Bertz CT molecular complexity index is 1480. The maximum absolute atomic E-state index is 13.4. The highest BCUT2D eigenvalue weighted by Crippen LogP contribution is 2.31. The number of hydrogen-bond donors (Lipinski definition) is 0. The molecule has 0 aliphatic heterocycles.